The Morgan fingerprint density at radius 3 is 2.10 bits per heavy atom. The van der Waals surface area contributed by atoms with Crippen LogP contribution in [0.5, 0.6) is 5.75 Å². The number of rotatable bonds is 9. The van der Waals surface area contributed by atoms with Crippen LogP contribution in [0.15, 0.2) is 41.3 Å². The van der Waals surface area contributed by atoms with Gasteiger partial charge in [-0.05, 0) is 102 Å². The van der Waals surface area contributed by atoms with Crippen LogP contribution < -0.4 is 4.74 Å². The Morgan fingerprint density at radius 2 is 1.57 bits per heavy atom. The summed E-state index contributed by atoms with van der Waals surface area (Å²) in [6.07, 6.45) is 3.09. The molecule has 40 heavy (non-hydrogen) atoms. The van der Waals surface area contributed by atoms with E-state index in [2.05, 4.69) is 12.1 Å². The van der Waals surface area contributed by atoms with Crippen LogP contribution in [0.4, 0.5) is 4.79 Å². The highest BCUT2D eigenvalue weighted by Crippen LogP contribution is 2.34. The van der Waals surface area contributed by atoms with E-state index >= 15 is 0 Å². The van der Waals surface area contributed by atoms with Crippen LogP contribution in [-0.4, -0.2) is 60.4 Å². The fraction of sp³-hybridized carbons (Fsp3) is 0.531. The van der Waals surface area contributed by atoms with Gasteiger partial charge in [-0.25, -0.2) is 9.59 Å². The summed E-state index contributed by atoms with van der Waals surface area (Å²) >= 11 is 1.63. The fourth-order valence-electron chi connectivity index (χ4n) is 5.10. The van der Waals surface area contributed by atoms with Gasteiger partial charge in [0.25, 0.3) is 0 Å². The number of methoxy groups -OCH3 is 1. The number of ketones is 1. The first kappa shape index (κ1) is 31.5. The zero-order chi connectivity index (χ0) is 29.8. The number of thioether (sulfide) groups is 1. The van der Waals surface area contributed by atoms with E-state index in [9.17, 15) is 14.4 Å². The lowest BCUT2D eigenvalue weighted by Crippen LogP contribution is -2.43. The van der Waals surface area contributed by atoms with Crippen LogP contribution in [0.25, 0.3) is 0 Å². The predicted molar refractivity (Wildman–Crippen MR) is 158 cm³/mol. The molecular formula is C32H43NO6S. The standard InChI is InChI=1S/C32H43NO6S/c1-20-16-22(17-21(2)28(20)38-32(6,7)29(35)39-31(3,4)5)10-11-24-18-33(30(36)37-8)19-26(24)27(34)23-12-14-25(40-9)15-13-23/h12-17,24,26H,10-11,18-19H2,1-9H3/t24-,26-/m0/s1. The quantitative estimate of drug-likeness (QED) is 0.190. The monoisotopic (exact) mass is 569 g/mol. The lowest BCUT2D eigenvalue weighted by molar-refractivity contribution is -0.171. The van der Waals surface area contributed by atoms with Crippen LogP contribution in [0.1, 0.15) is 68.1 Å². The highest BCUT2D eigenvalue weighted by Gasteiger charge is 2.40. The summed E-state index contributed by atoms with van der Waals surface area (Å²) in [5.41, 5.74) is 1.89. The summed E-state index contributed by atoms with van der Waals surface area (Å²) in [5.74, 6) is 0.0230. The number of hydrogen-bond donors (Lipinski definition) is 0. The molecule has 0 unspecified atom stereocenters. The third-order valence-electron chi connectivity index (χ3n) is 7.16. The van der Waals surface area contributed by atoms with E-state index in [0.717, 1.165) is 34.4 Å². The minimum absolute atomic E-state index is 0.00877. The lowest BCUT2D eigenvalue weighted by atomic mass is 9.84. The first-order valence-electron chi connectivity index (χ1n) is 13.7. The summed E-state index contributed by atoms with van der Waals surface area (Å²) in [7, 11) is 1.37. The highest BCUT2D eigenvalue weighted by molar-refractivity contribution is 7.98. The van der Waals surface area contributed by atoms with Crippen molar-refractivity contribution in [2.45, 2.75) is 77.4 Å². The first-order chi connectivity index (χ1) is 18.6. The third kappa shape index (κ3) is 7.80. The van der Waals surface area contributed by atoms with Crippen molar-refractivity contribution in [1.82, 2.24) is 4.90 Å². The van der Waals surface area contributed by atoms with E-state index in [4.69, 9.17) is 14.2 Å². The van der Waals surface area contributed by atoms with Gasteiger partial charge in [0.1, 0.15) is 11.4 Å². The number of amides is 1. The normalized spacial score (nSPS) is 17.5. The van der Waals surface area contributed by atoms with Crippen molar-refractivity contribution in [3.63, 3.8) is 0 Å². The zero-order valence-electron chi connectivity index (χ0n) is 25.3. The number of carbonyl (C=O) groups is 3. The summed E-state index contributed by atoms with van der Waals surface area (Å²) in [5, 5.41) is 0. The Morgan fingerprint density at radius 1 is 0.975 bits per heavy atom. The SMILES string of the molecule is COC(=O)N1C[C@H](CCc2cc(C)c(OC(C)(C)C(=O)OC(C)(C)C)c(C)c2)[C@@H](C(=O)c2ccc(SC)cc2)C1. The summed E-state index contributed by atoms with van der Waals surface area (Å²) in [6.45, 7) is 13.7. The van der Waals surface area contributed by atoms with Gasteiger partial charge in [0.15, 0.2) is 11.4 Å². The molecule has 0 bridgehead atoms. The first-order valence-corrected chi connectivity index (χ1v) is 14.9. The molecule has 2 aromatic rings. The van der Waals surface area contributed by atoms with Crippen LogP contribution in [0, 0.1) is 25.7 Å². The number of carbonyl (C=O) groups excluding carboxylic acids is 3. The maximum Gasteiger partial charge on any atom is 0.409 e. The number of nitrogens with zero attached hydrogens (tertiary/aromatic N) is 1. The van der Waals surface area contributed by atoms with Crippen molar-refractivity contribution >= 4 is 29.6 Å². The molecule has 0 aliphatic carbocycles. The molecule has 1 aliphatic rings. The molecule has 7 nitrogen and oxygen atoms in total. The summed E-state index contributed by atoms with van der Waals surface area (Å²) in [4.78, 5) is 41.3. The number of benzene rings is 2. The minimum Gasteiger partial charge on any atom is -0.476 e. The Labute approximate surface area is 242 Å². The van der Waals surface area contributed by atoms with Crippen LogP contribution in [-0.2, 0) is 20.7 Å². The molecule has 1 fully saturated rings. The second-order valence-electron chi connectivity index (χ2n) is 12.0. The molecule has 1 aliphatic heterocycles. The average molecular weight is 570 g/mol. The highest BCUT2D eigenvalue weighted by atomic mass is 32.2. The van der Waals surface area contributed by atoms with Gasteiger partial charge < -0.3 is 19.1 Å². The van der Waals surface area contributed by atoms with Crippen molar-refractivity contribution in [2.24, 2.45) is 11.8 Å². The molecule has 0 spiro atoms. The zero-order valence-corrected chi connectivity index (χ0v) is 26.1. The molecule has 0 aromatic heterocycles. The minimum atomic E-state index is -1.15. The van der Waals surface area contributed by atoms with E-state index in [1.807, 2.05) is 65.1 Å². The summed E-state index contributed by atoms with van der Waals surface area (Å²) in [6, 6.07) is 11.8. The van der Waals surface area contributed by atoms with Gasteiger partial charge in [-0.3, -0.25) is 4.79 Å². The van der Waals surface area contributed by atoms with E-state index in [-0.39, 0.29) is 17.6 Å². The molecule has 1 amide bonds. The number of ether oxygens (including phenoxy) is 3. The number of Topliss-reactive ketones (excluding diaryl/α,β-unsaturated/α-hetero) is 1. The number of hydrogen-bond acceptors (Lipinski definition) is 7. The number of likely N-dealkylation sites (tertiary alicyclic amines) is 1. The van der Waals surface area contributed by atoms with Crippen molar-refractivity contribution < 1.29 is 28.6 Å². The van der Waals surface area contributed by atoms with Crippen LogP contribution in [0.2, 0.25) is 0 Å². The smallest absolute Gasteiger partial charge is 0.409 e. The maximum atomic E-state index is 13.5. The van der Waals surface area contributed by atoms with Gasteiger partial charge in [0.2, 0.25) is 0 Å². The molecule has 1 heterocycles. The summed E-state index contributed by atoms with van der Waals surface area (Å²) < 4.78 is 16.7. The largest absolute Gasteiger partial charge is 0.476 e. The van der Waals surface area contributed by atoms with Gasteiger partial charge in [0.05, 0.1) is 7.11 Å². The van der Waals surface area contributed by atoms with E-state index in [1.54, 1.807) is 30.5 Å². The van der Waals surface area contributed by atoms with E-state index < -0.39 is 23.3 Å². The molecule has 0 radical (unpaired) electrons. The molecule has 218 valence electrons. The van der Waals surface area contributed by atoms with Crippen molar-refractivity contribution in [3.8, 4) is 5.75 Å². The Balaban J connectivity index is 1.75. The number of esters is 1. The van der Waals surface area contributed by atoms with Gasteiger partial charge >= 0.3 is 12.1 Å². The van der Waals surface area contributed by atoms with Crippen LogP contribution in [0.3, 0.4) is 0 Å². The van der Waals surface area contributed by atoms with Crippen LogP contribution >= 0.6 is 11.8 Å². The third-order valence-corrected chi connectivity index (χ3v) is 7.90. The Hall–Kier alpha value is -3.00. The van der Waals surface area contributed by atoms with Gasteiger partial charge in [0, 0.05) is 29.5 Å². The average Bonchev–Trinajstić information content (AvgIpc) is 3.32. The molecular weight excluding hydrogens is 526 g/mol. The van der Waals surface area contributed by atoms with Gasteiger partial charge in [-0.15, -0.1) is 11.8 Å². The van der Waals surface area contributed by atoms with E-state index in [1.165, 1.54) is 7.11 Å². The molecule has 0 saturated carbocycles. The van der Waals surface area contributed by atoms with Crippen molar-refractivity contribution in [1.29, 1.82) is 0 Å². The molecule has 8 heteroatoms. The topological polar surface area (TPSA) is 82.1 Å². The molecule has 0 N–H and O–H groups in total. The molecule has 3 rings (SSSR count). The number of aryl methyl sites for hydroxylation is 3. The lowest BCUT2D eigenvalue weighted by Gasteiger charge is -2.30. The molecule has 2 aromatic carbocycles. The van der Waals surface area contributed by atoms with E-state index in [0.29, 0.717) is 24.4 Å². The molecule has 1 saturated heterocycles. The Kier molecular flexibility index (Phi) is 9.99. The van der Waals surface area contributed by atoms with Crippen molar-refractivity contribution in [3.05, 3.63) is 58.7 Å². The Bertz CT molecular complexity index is 1210. The van der Waals surface area contributed by atoms with Crippen molar-refractivity contribution in [2.75, 3.05) is 26.5 Å². The maximum absolute atomic E-state index is 13.5. The fourth-order valence-corrected chi connectivity index (χ4v) is 5.51. The van der Waals surface area contributed by atoms with Gasteiger partial charge in [-0.2, -0.15) is 0 Å². The molecule has 2 atom stereocenters. The predicted octanol–water partition coefficient (Wildman–Crippen LogP) is 6.65. The second kappa shape index (κ2) is 12.7. The van der Waals surface area contributed by atoms with Gasteiger partial charge in [-0.1, -0.05) is 24.3 Å². The second-order valence-corrected chi connectivity index (χ2v) is 12.9.